The molecule has 5 N–H and O–H groups in total. The summed E-state index contributed by atoms with van der Waals surface area (Å²) in [7, 11) is -3.81. The van der Waals surface area contributed by atoms with Gasteiger partial charge in [-0.25, -0.2) is 5.14 Å². The number of amides is 1. The van der Waals surface area contributed by atoms with E-state index in [4.69, 9.17) is 15.6 Å². The van der Waals surface area contributed by atoms with Crippen LogP contribution in [0.5, 0.6) is 0 Å². The minimum absolute atomic E-state index is 0.0800. The Bertz CT molecular complexity index is 721. The SMILES string of the molecule is NC[C@H]1CC[C@@H](C(=O)Nc2ccc3c(c2)N(S(N)(=O)=O)CC3)O1. The van der Waals surface area contributed by atoms with Crippen LogP contribution in [0.4, 0.5) is 11.4 Å². The van der Waals surface area contributed by atoms with Gasteiger partial charge in [0.2, 0.25) is 0 Å². The molecular weight excluding hydrogens is 320 g/mol. The molecular formula is C14H20N4O4S. The smallest absolute Gasteiger partial charge is 0.299 e. The number of ether oxygens (including phenoxy) is 1. The topological polar surface area (TPSA) is 128 Å². The van der Waals surface area contributed by atoms with Gasteiger partial charge >= 0.3 is 0 Å². The number of hydrogen-bond donors (Lipinski definition) is 3. The molecule has 0 saturated carbocycles. The summed E-state index contributed by atoms with van der Waals surface area (Å²) in [5, 5.41) is 7.98. The lowest BCUT2D eigenvalue weighted by Crippen LogP contribution is -2.35. The van der Waals surface area contributed by atoms with Gasteiger partial charge in [0.15, 0.2) is 0 Å². The molecule has 0 aromatic heterocycles. The van der Waals surface area contributed by atoms with Crippen LogP contribution in [-0.2, 0) is 26.2 Å². The van der Waals surface area contributed by atoms with Crippen molar-refractivity contribution in [2.75, 3.05) is 22.7 Å². The number of benzene rings is 1. The Kier molecular flexibility index (Phi) is 4.28. The van der Waals surface area contributed by atoms with Crippen LogP contribution in [0.3, 0.4) is 0 Å². The number of fused-ring (bicyclic) bond motifs is 1. The molecule has 0 unspecified atom stereocenters. The molecule has 1 amide bonds. The van der Waals surface area contributed by atoms with E-state index < -0.39 is 16.3 Å². The van der Waals surface area contributed by atoms with Crippen LogP contribution in [0.2, 0.25) is 0 Å². The summed E-state index contributed by atoms with van der Waals surface area (Å²) >= 11 is 0. The van der Waals surface area contributed by atoms with Crippen molar-refractivity contribution in [2.45, 2.75) is 31.5 Å². The first kappa shape index (κ1) is 16.2. The summed E-state index contributed by atoms with van der Waals surface area (Å²) < 4.78 is 29.9. The van der Waals surface area contributed by atoms with Crippen molar-refractivity contribution in [3.63, 3.8) is 0 Å². The molecule has 0 bridgehead atoms. The number of carbonyl (C=O) groups is 1. The van der Waals surface area contributed by atoms with Gasteiger partial charge in [0.05, 0.1) is 11.8 Å². The highest BCUT2D eigenvalue weighted by molar-refractivity contribution is 7.90. The molecule has 1 fully saturated rings. The summed E-state index contributed by atoms with van der Waals surface area (Å²) in [6.07, 6.45) is 1.39. The van der Waals surface area contributed by atoms with E-state index in [2.05, 4.69) is 5.32 Å². The van der Waals surface area contributed by atoms with Crippen molar-refractivity contribution >= 4 is 27.5 Å². The Morgan fingerprint density at radius 2 is 2.17 bits per heavy atom. The van der Waals surface area contributed by atoms with Crippen LogP contribution in [-0.4, -0.2) is 39.6 Å². The molecule has 0 spiro atoms. The number of rotatable bonds is 4. The molecule has 2 atom stereocenters. The van der Waals surface area contributed by atoms with Crippen LogP contribution in [0.15, 0.2) is 18.2 Å². The van der Waals surface area contributed by atoms with Crippen molar-refractivity contribution < 1.29 is 17.9 Å². The fourth-order valence-corrected chi connectivity index (χ4v) is 3.78. The number of hydrogen-bond acceptors (Lipinski definition) is 5. The Labute approximate surface area is 134 Å². The van der Waals surface area contributed by atoms with E-state index in [0.717, 1.165) is 16.3 Å². The Balaban J connectivity index is 1.74. The summed E-state index contributed by atoms with van der Waals surface area (Å²) in [6, 6.07) is 5.17. The van der Waals surface area contributed by atoms with Gasteiger partial charge in [0, 0.05) is 18.8 Å². The van der Waals surface area contributed by atoms with E-state index >= 15 is 0 Å². The van der Waals surface area contributed by atoms with Crippen LogP contribution in [0.25, 0.3) is 0 Å². The van der Waals surface area contributed by atoms with Gasteiger partial charge in [0.25, 0.3) is 16.1 Å². The van der Waals surface area contributed by atoms with Gasteiger partial charge in [0.1, 0.15) is 6.10 Å². The predicted molar refractivity (Wildman–Crippen MR) is 86.2 cm³/mol. The molecule has 1 aromatic rings. The second-order valence-corrected chi connectivity index (χ2v) is 7.23. The molecule has 23 heavy (non-hydrogen) atoms. The van der Waals surface area contributed by atoms with Crippen molar-refractivity contribution in [2.24, 2.45) is 10.9 Å². The van der Waals surface area contributed by atoms with Crippen molar-refractivity contribution in [3.05, 3.63) is 23.8 Å². The van der Waals surface area contributed by atoms with Gasteiger partial charge in [-0.3, -0.25) is 9.10 Å². The van der Waals surface area contributed by atoms with Gasteiger partial charge in [-0.15, -0.1) is 0 Å². The zero-order valence-electron chi connectivity index (χ0n) is 12.6. The van der Waals surface area contributed by atoms with E-state index in [1.807, 2.05) is 0 Å². The normalized spacial score (nSPS) is 23.8. The lowest BCUT2D eigenvalue weighted by atomic mass is 10.1. The highest BCUT2D eigenvalue weighted by atomic mass is 32.2. The summed E-state index contributed by atoms with van der Waals surface area (Å²) in [4.78, 5) is 12.2. The highest BCUT2D eigenvalue weighted by Gasteiger charge is 2.31. The molecule has 0 aliphatic carbocycles. The number of nitrogens with zero attached hydrogens (tertiary/aromatic N) is 1. The second kappa shape index (κ2) is 6.08. The Hall–Kier alpha value is -1.68. The van der Waals surface area contributed by atoms with Crippen LogP contribution in [0, 0.1) is 0 Å². The second-order valence-electron chi connectivity index (χ2n) is 5.76. The lowest BCUT2D eigenvalue weighted by molar-refractivity contribution is -0.126. The molecule has 1 saturated heterocycles. The molecule has 3 rings (SSSR count). The number of anilines is 2. The zero-order valence-corrected chi connectivity index (χ0v) is 13.4. The quantitative estimate of drug-likeness (QED) is 0.693. The van der Waals surface area contributed by atoms with Crippen molar-refractivity contribution in [3.8, 4) is 0 Å². The molecule has 2 aliphatic heterocycles. The third-order valence-electron chi connectivity index (χ3n) is 4.18. The summed E-state index contributed by atoms with van der Waals surface area (Å²) in [6.45, 7) is 0.710. The maximum atomic E-state index is 12.2. The average Bonchev–Trinajstić information content (AvgIpc) is 3.12. The molecule has 2 heterocycles. The molecule has 126 valence electrons. The van der Waals surface area contributed by atoms with E-state index in [1.165, 1.54) is 0 Å². The number of nitrogens with one attached hydrogen (secondary N) is 1. The Morgan fingerprint density at radius 3 is 2.83 bits per heavy atom. The lowest BCUT2D eigenvalue weighted by Gasteiger charge is -2.17. The third kappa shape index (κ3) is 3.32. The molecule has 2 aliphatic rings. The number of nitrogens with two attached hydrogens (primary N) is 2. The fourth-order valence-electron chi connectivity index (χ4n) is 2.99. The predicted octanol–water partition coefficient (Wildman–Crippen LogP) is -0.303. The average molecular weight is 340 g/mol. The number of carbonyl (C=O) groups excluding carboxylic acids is 1. The van der Waals surface area contributed by atoms with Crippen molar-refractivity contribution in [1.82, 2.24) is 0 Å². The van der Waals surface area contributed by atoms with E-state index in [1.54, 1.807) is 18.2 Å². The maximum Gasteiger partial charge on any atom is 0.299 e. The first-order chi connectivity index (χ1) is 10.9. The Morgan fingerprint density at radius 1 is 1.39 bits per heavy atom. The molecule has 8 nitrogen and oxygen atoms in total. The standard InChI is InChI=1S/C14H20N4O4S/c15-8-11-3-4-13(22-11)14(19)17-10-2-1-9-5-6-18(12(9)7-10)23(16,20)21/h1-2,7,11,13H,3-6,8,15H2,(H,17,19)(H2,16,20,21)/t11-,13+/m1/s1. The van der Waals surface area contributed by atoms with Gasteiger partial charge in [-0.1, -0.05) is 6.07 Å². The monoisotopic (exact) mass is 340 g/mol. The van der Waals surface area contributed by atoms with Crippen LogP contribution >= 0.6 is 0 Å². The molecule has 0 radical (unpaired) electrons. The summed E-state index contributed by atoms with van der Waals surface area (Å²) in [5.74, 6) is -0.249. The minimum atomic E-state index is -3.81. The molecule has 9 heteroatoms. The first-order valence-electron chi connectivity index (χ1n) is 7.48. The van der Waals surface area contributed by atoms with Gasteiger partial charge < -0.3 is 15.8 Å². The van der Waals surface area contributed by atoms with E-state index in [9.17, 15) is 13.2 Å². The minimum Gasteiger partial charge on any atom is -0.364 e. The highest BCUT2D eigenvalue weighted by Crippen LogP contribution is 2.32. The van der Waals surface area contributed by atoms with Gasteiger partial charge in [-0.05, 0) is 37.0 Å². The van der Waals surface area contributed by atoms with Crippen molar-refractivity contribution in [1.29, 1.82) is 0 Å². The maximum absolute atomic E-state index is 12.2. The van der Waals surface area contributed by atoms with E-state index in [0.29, 0.717) is 37.3 Å². The van der Waals surface area contributed by atoms with Crippen LogP contribution in [0.1, 0.15) is 18.4 Å². The summed E-state index contributed by atoms with van der Waals surface area (Å²) in [5.41, 5.74) is 7.45. The van der Waals surface area contributed by atoms with E-state index in [-0.39, 0.29) is 12.0 Å². The zero-order chi connectivity index (χ0) is 16.6. The fraction of sp³-hybridized carbons (Fsp3) is 0.500. The third-order valence-corrected chi connectivity index (χ3v) is 5.17. The molecule has 1 aromatic carbocycles. The largest absolute Gasteiger partial charge is 0.364 e. The van der Waals surface area contributed by atoms with Crippen LogP contribution < -0.4 is 20.5 Å². The first-order valence-corrected chi connectivity index (χ1v) is 8.98. The van der Waals surface area contributed by atoms with Gasteiger partial charge in [-0.2, -0.15) is 8.42 Å².